The predicted octanol–water partition coefficient (Wildman–Crippen LogP) is 2.19. The molecule has 1 rings (SSSR count). The number of aldehydes is 1. The highest BCUT2D eigenvalue weighted by atomic mass is 16.5. The van der Waals surface area contributed by atoms with Gasteiger partial charge in [0.25, 0.3) is 0 Å². The first-order valence-electron chi connectivity index (χ1n) is 4.94. The average Bonchev–Trinajstić information content (AvgIpc) is 2.27. The molecule has 0 fully saturated rings. The van der Waals surface area contributed by atoms with E-state index in [2.05, 4.69) is 0 Å². The minimum absolute atomic E-state index is 0.0235. The van der Waals surface area contributed by atoms with Gasteiger partial charge in [0, 0.05) is 6.42 Å². The van der Waals surface area contributed by atoms with E-state index in [1.807, 2.05) is 31.2 Å². The molecular formula is C12H16O3. The summed E-state index contributed by atoms with van der Waals surface area (Å²) in [6.07, 6.45) is 1.29. The van der Waals surface area contributed by atoms with Gasteiger partial charge in [0.1, 0.15) is 12.0 Å². The first-order valence-corrected chi connectivity index (χ1v) is 4.94. The van der Waals surface area contributed by atoms with Crippen LogP contribution in [-0.2, 0) is 16.1 Å². The maximum absolute atomic E-state index is 10.2. The molecule has 0 aliphatic heterocycles. The average molecular weight is 208 g/mol. The van der Waals surface area contributed by atoms with Gasteiger partial charge in [-0.2, -0.15) is 0 Å². The lowest BCUT2D eigenvalue weighted by molar-refractivity contribution is -0.110. The zero-order valence-corrected chi connectivity index (χ0v) is 9.10. The van der Waals surface area contributed by atoms with Crippen LogP contribution in [0.1, 0.15) is 18.9 Å². The highest BCUT2D eigenvalue weighted by Crippen LogP contribution is 2.12. The molecule has 0 unspecified atom stereocenters. The fourth-order valence-electron chi connectivity index (χ4n) is 1.16. The summed E-state index contributed by atoms with van der Waals surface area (Å²) in [6, 6.07) is 7.69. The van der Waals surface area contributed by atoms with Crippen molar-refractivity contribution in [2.45, 2.75) is 26.1 Å². The molecule has 0 saturated carbocycles. The number of hydrogen-bond donors (Lipinski definition) is 0. The molecular weight excluding hydrogens is 192 g/mol. The van der Waals surface area contributed by atoms with Gasteiger partial charge in [-0.25, -0.2) is 0 Å². The van der Waals surface area contributed by atoms with Crippen LogP contribution in [0.2, 0.25) is 0 Å². The highest BCUT2D eigenvalue weighted by molar-refractivity contribution is 5.49. The van der Waals surface area contributed by atoms with Crippen LogP contribution >= 0.6 is 0 Å². The first kappa shape index (κ1) is 11.7. The Morgan fingerprint density at radius 2 is 2.00 bits per heavy atom. The lowest BCUT2D eigenvalue weighted by Crippen LogP contribution is -2.08. The normalized spacial score (nSPS) is 12.1. The van der Waals surface area contributed by atoms with Crippen LogP contribution in [-0.4, -0.2) is 19.5 Å². The lowest BCUT2D eigenvalue weighted by Gasteiger charge is -2.10. The van der Waals surface area contributed by atoms with E-state index in [0.29, 0.717) is 13.0 Å². The number of ether oxygens (including phenoxy) is 2. The Morgan fingerprint density at radius 3 is 2.53 bits per heavy atom. The predicted molar refractivity (Wildman–Crippen MR) is 57.9 cm³/mol. The first-order chi connectivity index (χ1) is 7.26. The number of benzene rings is 1. The number of rotatable bonds is 6. The molecule has 0 spiro atoms. The SMILES string of the molecule is COc1ccc(CO[C@@H](C)CC=O)cc1. The van der Waals surface area contributed by atoms with Crippen LogP contribution in [0, 0.1) is 0 Å². The third-order valence-electron chi connectivity index (χ3n) is 2.12. The van der Waals surface area contributed by atoms with E-state index >= 15 is 0 Å². The summed E-state index contributed by atoms with van der Waals surface area (Å²) in [7, 11) is 1.64. The van der Waals surface area contributed by atoms with Crippen LogP contribution in [0.3, 0.4) is 0 Å². The van der Waals surface area contributed by atoms with E-state index < -0.39 is 0 Å². The Bertz CT molecular complexity index is 292. The topological polar surface area (TPSA) is 35.5 Å². The fourth-order valence-corrected chi connectivity index (χ4v) is 1.16. The van der Waals surface area contributed by atoms with Gasteiger partial charge in [-0.05, 0) is 24.6 Å². The van der Waals surface area contributed by atoms with Gasteiger partial charge < -0.3 is 14.3 Å². The van der Waals surface area contributed by atoms with Crippen molar-refractivity contribution in [2.24, 2.45) is 0 Å². The van der Waals surface area contributed by atoms with E-state index in [4.69, 9.17) is 9.47 Å². The standard InChI is InChI=1S/C12H16O3/c1-10(7-8-13)15-9-11-3-5-12(14-2)6-4-11/h3-6,8,10H,7,9H2,1-2H3/t10-/m0/s1. The van der Waals surface area contributed by atoms with E-state index in [1.54, 1.807) is 7.11 Å². The molecule has 0 heterocycles. The number of methoxy groups -OCH3 is 1. The zero-order chi connectivity index (χ0) is 11.1. The molecule has 82 valence electrons. The van der Waals surface area contributed by atoms with E-state index in [1.165, 1.54) is 0 Å². The summed E-state index contributed by atoms with van der Waals surface area (Å²) >= 11 is 0. The molecule has 0 aliphatic rings. The van der Waals surface area contributed by atoms with E-state index in [9.17, 15) is 4.79 Å². The molecule has 1 atom stereocenters. The third-order valence-corrected chi connectivity index (χ3v) is 2.12. The van der Waals surface area contributed by atoms with Crippen molar-refractivity contribution < 1.29 is 14.3 Å². The van der Waals surface area contributed by atoms with Gasteiger partial charge in [-0.1, -0.05) is 12.1 Å². The van der Waals surface area contributed by atoms with E-state index in [0.717, 1.165) is 17.6 Å². The summed E-state index contributed by atoms with van der Waals surface area (Å²) in [6.45, 7) is 2.41. The number of hydrogen-bond acceptors (Lipinski definition) is 3. The second-order valence-electron chi connectivity index (χ2n) is 3.37. The van der Waals surface area contributed by atoms with Gasteiger partial charge in [0.15, 0.2) is 0 Å². The third kappa shape index (κ3) is 4.13. The van der Waals surface area contributed by atoms with E-state index in [-0.39, 0.29) is 6.10 Å². The highest BCUT2D eigenvalue weighted by Gasteiger charge is 2.01. The second kappa shape index (κ2) is 6.19. The second-order valence-corrected chi connectivity index (χ2v) is 3.37. The molecule has 0 radical (unpaired) electrons. The molecule has 3 nitrogen and oxygen atoms in total. The van der Waals surface area contributed by atoms with Crippen LogP contribution in [0.25, 0.3) is 0 Å². The van der Waals surface area contributed by atoms with Crippen molar-refractivity contribution in [1.82, 2.24) is 0 Å². The maximum atomic E-state index is 10.2. The van der Waals surface area contributed by atoms with Crippen molar-refractivity contribution >= 4 is 6.29 Å². The number of carbonyl (C=O) groups excluding carboxylic acids is 1. The molecule has 1 aromatic carbocycles. The van der Waals surface area contributed by atoms with Crippen molar-refractivity contribution in [3.8, 4) is 5.75 Å². The van der Waals surface area contributed by atoms with Gasteiger partial charge >= 0.3 is 0 Å². The molecule has 0 amide bonds. The molecule has 3 heteroatoms. The van der Waals surface area contributed by atoms with Crippen molar-refractivity contribution in [1.29, 1.82) is 0 Å². The molecule has 0 N–H and O–H groups in total. The zero-order valence-electron chi connectivity index (χ0n) is 9.10. The van der Waals surface area contributed by atoms with Gasteiger partial charge in [0.05, 0.1) is 19.8 Å². The van der Waals surface area contributed by atoms with Gasteiger partial charge in [-0.15, -0.1) is 0 Å². The van der Waals surface area contributed by atoms with Gasteiger partial charge in [0.2, 0.25) is 0 Å². The monoisotopic (exact) mass is 208 g/mol. The summed E-state index contributed by atoms with van der Waals surface area (Å²) in [4.78, 5) is 10.2. The van der Waals surface area contributed by atoms with Crippen molar-refractivity contribution in [3.63, 3.8) is 0 Å². The fraction of sp³-hybridized carbons (Fsp3) is 0.417. The Kier molecular flexibility index (Phi) is 4.84. The summed E-state index contributed by atoms with van der Waals surface area (Å²) in [5, 5.41) is 0. The van der Waals surface area contributed by atoms with Crippen LogP contribution in [0.5, 0.6) is 5.75 Å². The molecule has 0 aliphatic carbocycles. The quantitative estimate of drug-likeness (QED) is 0.672. The number of carbonyl (C=O) groups is 1. The summed E-state index contributed by atoms with van der Waals surface area (Å²) in [5.74, 6) is 0.833. The Morgan fingerprint density at radius 1 is 1.33 bits per heavy atom. The van der Waals surface area contributed by atoms with Crippen LogP contribution in [0.4, 0.5) is 0 Å². The minimum atomic E-state index is -0.0235. The molecule has 0 saturated heterocycles. The smallest absolute Gasteiger partial charge is 0.122 e. The Balaban J connectivity index is 2.40. The minimum Gasteiger partial charge on any atom is -0.497 e. The van der Waals surface area contributed by atoms with Gasteiger partial charge in [-0.3, -0.25) is 0 Å². The van der Waals surface area contributed by atoms with Crippen molar-refractivity contribution in [3.05, 3.63) is 29.8 Å². The molecule has 0 aromatic heterocycles. The lowest BCUT2D eigenvalue weighted by atomic mass is 10.2. The van der Waals surface area contributed by atoms with Crippen LogP contribution in [0.15, 0.2) is 24.3 Å². The maximum Gasteiger partial charge on any atom is 0.122 e. The Labute approximate surface area is 90.0 Å². The molecule has 1 aromatic rings. The Hall–Kier alpha value is -1.35. The molecule has 0 bridgehead atoms. The largest absolute Gasteiger partial charge is 0.497 e. The summed E-state index contributed by atoms with van der Waals surface area (Å²) in [5.41, 5.74) is 1.08. The van der Waals surface area contributed by atoms with Crippen LogP contribution < -0.4 is 4.74 Å². The molecule has 15 heavy (non-hydrogen) atoms. The summed E-state index contributed by atoms with van der Waals surface area (Å²) < 4.78 is 10.5. The van der Waals surface area contributed by atoms with Crippen molar-refractivity contribution in [2.75, 3.05) is 7.11 Å².